The Morgan fingerprint density at radius 1 is 1.16 bits per heavy atom. The van der Waals surface area contributed by atoms with Gasteiger partial charge in [0.15, 0.2) is 0 Å². The van der Waals surface area contributed by atoms with Crippen LogP contribution in [0.3, 0.4) is 0 Å². The number of carbonyl (C=O) groups excluding carboxylic acids is 1. The number of likely N-dealkylation sites (tertiary alicyclic amines) is 1. The van der Waals surface area contributed by atoms with Gasteiger partial charge in [-0.3, -0.25) is 9.59 Å². The molecule has 160 valence electrons. The van der Waals surface area contributed by atoms with Crippen LogP contribution in [0.1, 0.15) is 47.1 Å². The molecule has 2 heterocycles. The molecule has 1 unspecified atom stereocenters. The maximum Gasteiger partial charge on any atom is 0.254 e. The summed E-state index contributed by atoms with van der Waals surface area (Å²) in [6, 6.07) is 17.2. The first kappa shape index (κ1) is 20.8. The normalized spacial score (nSPS) is 15.8. The molecule has 1 aliphatic heterocycles. The van der Waals surface area contributed by atoms with Gasteiger partial charge in [-0.1, -0.05) is 42.5 Å². The molecule has 0 spiro atoms. The van der Waals surface area contributed by atoms with Crippen LogP contribution in [0.2, 0.25) is 0 Å². The highest BCUT2D eigenvalue weighted by molar-refractivity contribution is 5.79. The molecule has 1 aromatic heterocycles. The summed E-state index contributed by atoms with van der Waals surface area (Å²) in [6.45, 7) is 2.54. The molecular weight excluding hydrogens is 390 g/mol. The van der Waals surface area contributed by atoms with Crippen molar-refractivity contribution in [3.8, 4) is 5.75 Å². The summed E-state index contributed by atoms with van der Waals surface area (Å²) in [5, 5.41) is 0. The van der Waals surface area contributed by atoms with Gasteiger partial charge in [-0.2, -0.15) is 0 Å². The van der Waals surface area contributed by atoms with Gasteiger partial charge in [-0.15, -0.1) is 0 Å². The Balaban J connectivity index is 1.54. The van der Waals surface area contributed by atoms with Crippen LogP contribution in [0, 0.1) is 6.92 Å². The highest BCUT2D eigenvalue weighted by atomic mass is 16.5. The summed E-state index contributed by atoms with van der Waals surface area (Å²) in [7, 11) is 1.61. The van der Waals surface area contributed by atoms with E-state index in [2.05, 4.69) is 4.98 Å². The number of carbonyl (C=O) groups is 1. The minimum atomic E-state index is -0.199. The van der Waals surface area contributed by atoms with E-state index in [9.17, 15) is 9.59 Å². The highest BCUT2D eigenvalue weighted by Gasteiger charge is 2.32. The third-order valence-electron chi connectivity index (χ3n) is 5.84. The van der Waals surface area contributed by atoms with Gasteiger partial charge in [0.05, 0.1) is 19.6 Å². The molecule has 6 nitrogen and oxygen atoms in total. The van der Waals surface area contributed by atoms with Crippen molar-refractivity contribution >= 4 is 5.91 Å². The quantitative estimate of drug-likeness (QED) is 0.665. The van der Waals surface area contributed by atoms with Crippen molar-refractivity contribution in [2.45, 2.75) is 38.6 Å². The average Bonchev–Trinajstić information content (AvgIpc) is 3.27. The molecule has 1 atom stereocenters. The fraction of sp³-hybridized carbons (Fsp3) is 0.320. The number of nitrogens with one attached hydrogen (secondary N) is 1. The molecule has 0 saturated carbocycles. The van der Waals surface area contributed by atoms with Crippen LogP contribution in [0.5, 0.6) is 5.75 Å². The van der Waals surface area contributed by atoms with Gasteiger partial charge in [0.2, 0.25) is 5.91 Å². The van der Waals surface area contributed by atoms with E-state index >= 15 is 0 Å². The average molecular weight is 418 g/mol. The number of hydrogen-bond acceptors (Lipinski definition) is 4. The molecule has 0 radical (unpaired) electrons. The molecule has 1 N–H and O–H groups in total. The van der Waals surface area contributed by atoms with Gasteiger partial charge >= 0.3 is 0 Å². The first-order valence-electron chi connectivity index (χ1n) is 10.6. The molecule has 1 aliphatic rings. The topological polar surface area (TPSA) is 75.3 Å². The van der Waals surface area contributed by atoms with Crippen molar-refractivity contribution < 1.29 is 9.53 Å². The molecule has 0 bridgehead atoms. The minimum Gasteiger partial charge on any atom is -0.497 e. The zero-order valence-electron chi connectivity index (χ0n) is 17.9. The Morgan fingerprint density at radius 3 is 2.68 bits per heavy atom. The Labute approximate surface area is 181 Å². The maximum absolute atomic E-state index is 13.0. The SMILES string of the molecule is COc1cccc(CC(=O)N2CCCC2c2nc(C)c(Cc3ccccc3)c(=O)[nH]2)c1. The van der Waals surface area contributed by atoms with Crippen LogP contribution in [0.15, 0.2) is 59.4 Å². The van der Waals surface area contributed by atoms with Crippen molar-refractivity contribution in [1.82, 2.24) is 14.9 Å². The van der Waals surface area contributed by atoms with Gasteiger partial charge < -0.3 is 14.6 Å². The lowest BCUT2D eigenvalue weighted by atomic mass is 10.0. The lowest BCUT2D eigenvalue weighted by Gasteiger charge is -2.24. The molecular formula is C25H27N3O3. The molecule has 1 fully saturated rings. The number of benzene rings is 2. The third-order valence-corrected chi connectivity index (χ3v) is 5.84. The number of aromatic nitrogens is 2. The van der Waals surface area contributed by atoms with E-state index in [0.717, 1.165) is 35.4 Å². The Kier molecular flexibility index (Phi) is 6.16. The monoisotopic (exact) mass is 417 g/mol. The van der Waals surface area contributed by atoms with Crippen LogP contribution in [-0.4, -0.2) is 34.4 Å². The van der Waals surface area contributed by atoms with Gasteiger partial charge in [0.25, 0.3) is 5.56 Å². The first-order valence-corrected chi connectivity index (χ1v) is 10.6. The van der Waals surface area contributed by atoms with Crippen LogP contribution in [0.25, 0.3) is 0 Å². The molecule has 1 amide bonds. The maximum atomic E-state index is 13.0. The van der Waals surface area contributed by atoms with Gasteiger partial charge in [-0.25, -0.2) is 4.98 Å². The molecule has 0 aliphatic carbocycles. The number of H-pyrrole nitrogens is 1. The molecule has 6 heteroatoms. The van der Waals surface area contributed by atoms with E-state index in [-0.39, 0.29) is 17.5 Å². The van der Waals surface area contributed by atoms with E-state index in [4.69, 9.17) is 9.72 Å². The fourth-order valence-corrected chi connectivity index (χ4v) is 4.21. The minimum absolute atomic E-state index is 0.0319. The van der Waals surface area contributed by atoms with E-state index in [0.29, 0.717) is 30.8 Å². The molecule has 31 heavy (non-hydrogen) atoms. The van der Waals surface area contributed by atoms with E-state index < -0.39 is 0 Å². The summed E-state index contributed by atoms with van der Waals surface area (Å²) < 4.78 is 5.26. The number of ether oxygens (including phenoxy) is 1. The standard InChI is InChI=1S/C25H27N3O3/c1-17-21(15-18-8-4-3-5-9-18)25(30)27-24(26-17)22-12-7-13-28(22)23(29)16-19-10-6-11-20(14-19)31-2/h3-6,8-11,14,22H,7,12-13,15-16H2,1-2H3,(H,26,27,30). The largest absolute Gasteiger partial charge is 0.497 e. The molecule has 2 aromatic carbocycles. The second-order valence-corrected chi connectivity index (χ2v) is 7.95. The highest BCUT2D eigenvalue weighted by Crippen LogP contribution is 2.30. The first-order chi connectivity index (χ1) is 15.0. The second kappa shape index (κ2) is 9.16. The van der Waals surface area contributed by atoms with Crippen LogP contribution in [-0.2, 0) is 17.6 Å². The number of aryl methyl sites for hydroxylation is 1. The summed E-state index contributed by atoms with van der Waals surface area (Å²) in [5.74, 6) is 1.35. The van der Waals surface area contributed by atoms with E-state index in [1.807, 2.05) is 66.4 Å². The molecule has 4 rings (SSSR count). The van der Waals surface area contributed by atoms with Crippen molar-refractivity contribution in [3.63, 3.8) is 0 Å². The fourth-order valence-electron chi connectivity index (χ4n) is 4.21. The molecule has 3 aromatic rings. The number of aromatic amines is 1. The van der Waals surface area contributed by atoms with Crippen molar-refractivity contribution in [3.05, 3.63) is 93.2 Å². The Hall–Kier alpha value is -3.41. The summed E-state index contributed by atoms with van der Waals surface area (Å²) in [6.07, 6.45) is 2.52. The number of rotatable bonds is 6. The van der Waals surface area contributed by atoms with Crippen molar-refractivity contribution in [2.75, 3.05) is 13.7 Å². The van der Waals surface area contributed by atoms with Gasteiger partial charge in [-0.05, 0) is 43.0 Å². The summed E-state index contributed by atoms with van der Waals surface area (Å²) in [5.41, 5.74) is 3.24. The van der Waals surface area contributed by atoms with Crippen LogP contribution >= 0.6 is 0 Å². The summed E-state index contributed by atoms with van der Waals surface area (Å²) >= 11 is 0. The lowest BCUT2D eigenvalue weighted by molar-refractivity contribution is -0.131. The molecule has 1 saturated heterocycles. The van der Waals surface area contributed by atoms with Crippen LogP contribution < -0.4 is 10.3 Å². The number of hydrogen-bond donors (Lipinski definition) is 1. The predicted octanol–water partition coefficient (Wildman–Crippen LogP) is 3.58. The smallest absolute Gasteiger partial charge is 0.254 e. The van der Waals surface area contributed by atoms with Gasteiger partial charge in [0, 0.05) is 24.2 Å². The predicted molar refractivity (Wildman–Crippen MR) is 119 cm³/mol. The van der Waals surface area contributed by atoms with Gasteiger partial charge in [0.1, 0.15) is 11.6 Å². The second-order valence-electron chi connectivity index (χ2n) is 7.95. The number of amides is 1. The van der Waals surface area contributed by atoms with E-state index in [1.54, 1.807) is 7.11 Å². The van der Waals surface area contributed by atoms with Crippen molar-refractivity contribution in [1.29, 1.82) is 0 Å². The number of methoxy groups -OCH3 is 1. The lowest BCUT2D eigenvalue weighted by Crippen LogP contribution is -2.34. The number of nitrogens with zero attached hydrogens (tertiary/aromatic N) is 2. The Bertz CT molecular complexity index is 1120. The third kappa shape index (κ3) is 4.68. The zero-order valence-corrected chi connectivity index (χ0v) is 17.9. The zero-order chi connectivity index (χ0) is 21.8. The van der Waals surface area contributed by atoms with Crippen molar-refractivity contribution in [2.24, 2.45) is 0 Å². The van der Waals surface area contributed by atoms with Crippen LogP contribution in [0.4, 0.5) is 0 Å². The van der Waals surface area contributed by atoms with E-state index in [1.165, 1.54) is 0 Å². The summed E-state index contributed by atoms with van der Waals surface area (Å²) in [4.78, 5) is 35.4. The Morgan fingerprint density at radius 2 is 1.94 bits per heavy atom.